The Kier molecular flexibility index (Phi) is 5.97. The monoisotopic (exact) mass is 231 g/mol. The molecular formula is C12H25NO3. The zero-order chi connectivity index (χ0) is 12.8. The molecular weight excluding hydrogens is 206 g/mol. The van der Waals surface area contributed by atoms with Crippen molar-refractivity contribution in [1.29, 1.82) is 0 Å². The first-order chi connectivity index (χ1) is 7.16. The highest BCUT2D eigenvalue weighted by molar-refractivity contribution is 5.70. The topological polar surface area (TPSA) is 47.6 Å². The van der Waals surface area contributed by atoms with Crippen molar-refractivity contribution >= 4 is 5.97 Å². The van der Waals surface area contributed by atoms with E-state index < -0.39 is 5.60 Å². The number of hydrogen-bond donors (Lipinski definition) is 1. The lowest BCUT2D eigenvalue weighted by Gasteiger charge is -2.23. The number of esters is 1. The summed E-state index contributed by atoms with van der Waals surface area (Å²) >= 11 is 0. The third-order valence-corrected chi connectivity index (χ3v) is 2.03. The van der Waals surface area contributed by atoms with Crippen LogP contribution in [0.3, 0.4) is 0 Å². The Morgan fingerprint density at radius 3 is 2.19 bits per heavy atom. The van der Waals surface area contributed by atoms with Gasteiger partial charge in [-0.3, -0.25) is 4.79 Å². The van der Waals surface area contributed by atoms with E-state index in [4.69, 9.17) is 9.47 Å². The molecule has 4 nitrogen and oxygen atoms in total. The largest absolute Gasteiger partial charge is 0.460 e. The lowest BCUT2D eigenvalue weighted by atomic mass is 10.1. The fourth-order valence-electron chi connectivity index (χ4n) is 1.04. The van der Waals surface area contributed by atoms with E-state index in [-0.39, 0.29) is 11.6 Å². The van der Waals surface area contributed by atoms with Gasteiger partial charge in [-0.05, 0) is 34.6 Å². The molecule has 0 unspecified atom stereocenters. The van der Waals surface area contributed by atoms with Crippen LogP contribution in [0, 0.1) is 0 Å². The quantitative estimate of drug-likeness (QED) is 0.558. The van der Waals surface area contributed by atoms with Crippen LogP contribution < -0.4 is 5.32 Å². The molecule has 0 aromatic heterocycles. The van der Waals surface area contributed by atoms with Gasteiger partial charge in [-0.15, -0.1) is 0 Å². The molecule has 0 heterocycles. The Morgan fingerprint density at radius 2 is 1.75 bits per heavy atom. The van der Waals surface area contributed by atoms with Crippen molar-refractivity contribution in [3.05, 3.63) is 0 Å². The van der Waals surface area contributed by atoms with E-state index in [1.54, 1.807) is 7.11 Å². The van der Waals surface area contributed by atoms with Crippen molar-refractivity contribution in [2.45, 2.75) is 52.2 Å². The van der Waals surface area contributed by atoms with Crippen LogP contribution in [0.25, 0.3) is 0 Å². The van der Waals surface area contributed by atoms with Gasteiger partial charge in [-0.2, -0.15) is 0 Å². The molecule has 0 saturated heterocycles. The summed E-state index contributed by atoms with van der Waals surface area (Å²) in [5.41, 5.74) is -0.600. The van der Waals surface area contributed by atoms with Gasteiger partial charge >= 0.3 is 5.97 Å². The summed E-state index contributed by atoms with van der Waals surface area (Å²) < 4.78 is 10.4. The molecule has 0 rings (SSSR count). The van der Waals surface area contributed by atoms with Crippen molar-refractivity contribution in [3.8, 4) is 0 Å². The summed E-state index contributed by atoms with van der Waals surface area (Å²) in [4.78, 5) is 11.4. The maximum atomic E-state index is 11.4. The third-order valence-electron chi connectivity index (χ3n) is 2.03. The highest BCUT2D eigenvalue weighted by Crippen LogP contribution is 2.08. The van der Waals surface area contributed by atoms with Crippen molar-refractivity contribution < 1.29 is 14.3 Å². The van der Waals surface area contributed by atoms with Gasteiger partial charge in [0.1, 0.15) is 5.60 Å². The van der Waals surface area contributed by atoms with Crippen molar-refractivity contribution in [2.24, 2.45) is 0 Å². The van der Waals surface area contributed by atoms with Gasteiger partial charge in [0, 0.05) is 20.2 Å². The van der Waals surface area contributed by atoms with Gasteiger partial charge in [0.25, 0.3) is 0 Å². The van der Waals surface area contributed by atoms with Crippen LogP contribution in [0.2, 0.25) is 0 Å². The smallest absolute Gasteiger partial charge is 0.307 e. The number of carbonyl (C=O) groups excluding carboxylic acids is 1. The second-order valence-corrected chi connectivity index (χ2v) is 5.48. The lowest BCUT2D eigenvalue weighted by Crippen LogP contribution is -2.38. The van der Waals surface area contributed by atoms with Gasteiger partial charge in [0.2, 0.25) is 0 Å². The van der Waals surface area contributed by atoms with Crippen molar-refractivity contribution in [1.82, 2.24) is 5.32 Å². The Hall–Kier alpha value is -0.610. The highest BCUT2D eigenvalue weighted by atomic mass is 16.6. The Balaban J connectivity index is 3.64. The molecule has 1 N–H and O–H groups in total. The molecule has 0 aliphatic carbocycles. The van der Waals surface area contributed by atoms with Crippen molar-refractivity contribution in [3.63, 3.8) is 0 Å². The Bertz CT molecular complexity index is 219. The van der Waals surface area contributed by atoms with Crippen molar-refractivity contribution in [2.75, 3.05) is 20.2 Å². The summed E-state index contributed by atoms with van der Waals surface area (Å²) in [5.74, 6) is -0.171. The molecule has 0 bridgehead atoms. The molecule has 0 amide bonds. The highest BCUT2D eigenvalue weighted by Gasteiger charge is 2.17. The normalized spacial score (nSPS) is 12.6. The van der Waals surface area contributed by atoms with E-state index in [0.717, 1.165) is 0 Å². The molecule has 96 valence electrons. The van der Waals surface area contributed by atoms with Crippen LogP contribution in [0.15, 0.2) is 0 Å². The second-order valence-electron chi connectivity index (χ2n) is 5.48. The minimum atomic E-state index is -0.400. The van der Waals surface area contributed by atoms with Crippen LogP contribution in [-0.4, -0.2) is 37.4 Å². The molecule has 0 atom stereocenters. The molecule has 0 aliphatic rings. The molecule has 0 fully saturated rings. The van der Waals surface area contributed by atoms with E-state index >= 15 is 0 Å². The summed E-state index contributed by atoms with van der Waals surface area (Å²) in [5, 5.41) is 3.17. The SMILES string of the molecule is COC(C)(C)CNCCC(=O)OC(C)(C)C. The van der Waals surface area contributed by atoms with Crippen LogP contribution >= 0.6 is 0 Å². The van der Waals surface area contributed by atoms with E-state index in [9.17, 15) is 4.79 Å². The molecule has 0 saturated carbocycles. The summed E-state index contributed by atoms with van der Waals surface area (Å²) in [6.45, 7) is 10.9. The first kappa shape index (κ1) is 15.4. The molecule has 0 aliphatic heterocycles. The minimum Gasteiger partial charge on any atom is -0.460 e. The maximum absolute atomic E-state index is 11.4. The molecule has 0 radical (unpaired) electrons. The van der Waals surface area contributed by atoms with Gasteiger partial charge < -0.3 is 14.8 Å². The number of rotatable bonds is 6. The predicted molar refractivity (Wildman–Crippen MR) is 64.4 cm³/mol. The van der Waals surface area contributed by atoms with Gasteiger partial charge in [0.05, 0.1) is 12.0 Å². The van der Waals surface area contributed by atoms with E-state index in [2.05, 4.69) is 5.32 Å². The fourth-order valence-corrected chi connectivity index (χ4v) is 1.04. The van der Waals surface area contributed by atoms with E-state index in [1.165, 1.54) is 0 Å². The third kappa shape index (κ3) is 8.68. The zero-order valence-electron chi connectivity index (χ0n) is 11.3. The zero-order valence-corrected chi connectivity index (χ0v) is 11.3. The van der Waals surface area contributed by atoms with Gasteiger partial charge in [-0.25, -0.2) is 0 Å². The average molecular weight is 231 g/mol. The predicted octanol–water partition coefficient (Wildman–Crippen LogP) is 1.73. The number of ether oxygens (including phenoxy) is 2. The Morgan fingerprint density at radius 1 is 1.19 bits per heavy atom. The number of nitrogens with one attached hydrogen (secondary N) is 1. The summed E-state index contributed by atoms with van der Waals surface area (Å²) in [7, 11) is 1.68. The molecule has 0 aromatic carbocycles. The molecule has 4 heteroatoms. The maximum Gasteiger partial charge on any atom is 0.307 e. The second kappa shape index (κ2) is 6.21. The van der Waals surface area contributed by atoms with Crippen LogP contribution in [-0.2, 0) is 14.3 Å². The van der Waals surface area contributed by atoms with E-state index in [0.29, 0.717) is 19.5 Å². The van der Waals surface area contributed by atoms with E-state index in [1.807, 2.05) is 34.6 Å². The Labute approximate surface area is 98.7 Å². The average Bonchev–Trinajstić information content (AvgIpc) is 2.10. The first-order valence-corrected chi connectivity index (χ1v) is 5.64. The summed E-state index contributed by atoms with van der Waals surface area (Å²) in [6.07, 6.45) is 0.386. The summed E-state index contributed by atoms with van der Waals surface area (Å²) in [6, 6.07) is 0. The molecule has 0 aromatic rings. The minimum absolute atomic E-state index is 0.171. The number of methoxy groups -OCH3 is 1. The van der Waals surface area contributed by atoms with Gasteiger partial charge in [0.15, 0.2) is 0 Å². The van der Waals surface area contributed by atoms with Crippen LogP contribution in [0.5, 0.6) is 0 Å². The van der Waals surface area contributed by atoms with Crippen LogP contribution in [0.1, 0.15) is 41.0 Å². The lowest BCUT2D eigenvalue weighted by molar-refractivity contribution is -0.154. The fraction of sp³-hybridized carbons (Fsp3) is 0.917. The molecule has 16 heavy (non-hydrogen) atoms. The molecule has 0 spiro atoms. The van der Waals surface area contributed by atoms with Crippen LogP contribution in [0.4, 0.5) is 0 Å². The van der Waals surface area contributed by atoms with Gasteiger partial charge in [-0.1, -0.05) is 0 Å². The first-order valence-electron chi connectivity index (χ1n) is 5.64. The number of hydrogen-bond acceptors (Lipinski definition) is 4. The number of carbonyl (C=O) groups is 1. The standard InChI is InChI=1S/C12H25NO3/c1-11(2,3)16-10(14)7-8-13-9-12(4,5)15-6/h13H,7-9H2,1-6H3.